The van der Waals surface area contributed by atoms with Crippen LogP contribution in [-0.4, -0.2) is 19.2 Å². The maximum absolute atomic E-state index is 11.0. The number of carbonyl (C=O) groups excluding carboxylic acids is 1. The Balaban J connectivity index is 3.48. The van der Waals surface area contributed by atoms with Gasteiger partial charge in [-0.2, -0.15) is 0 Å². The summed E-state index contributed by atoms with van der Waals surface area (Å²) in [4.78, 5) is 11.0. The number of ether oxygens (including phenoxy) is 2. The van der Waals surface area contributed by atoms with Crippen molar-refractivity contribution in [3.8, 4) is 0 Å². The number of carbonyl (C=O) groups is 1. The fourth-order valence-corrected chi connectivity index (χ4v) is 0.666. The summed E-state index contributed by atoms with van der Waals surface area (Å²) in [5, 5.41) is 0. The van der Waals surface area contributed by atoms with E-state index in [1.54, 1.807) is 6.92 Å². The molecule has 0 aromatic rings. The SMILES string of the molecule is C=C(C)C(=C)OCCCOC(=O)C(=C)C. The molecule has 15 heavy (non-hydrogen) atoms. The van der Waals surface area contributed by atoms with E-state index in [2.05, 4.69) is 19.7 Å². The van der Waals surface area contributed by atoms with Crippen LogP contribution < -0.4 is 0 Å². The van der Waals surface area contributed by atoms with Crippen molar-refractivity contribution in [2.24, 2.45) is 0 Å². The summed E-state index contributed by atoms with van der Waals surface area (Å²) < 4.78 is 10.1. The summed E-state index contributed by atoms with van der Waals surface area (Å²) in [7, 11) is 0. The quantitative estimate of drug-likeness (QED) is 0.213. The number of allylic oxidation sites excluding steroid dienone is 1. The van der Waals surface area contributed by atoms with Crippen molar-refractivity contribution in [3.63, 3.8) is 0 Å². The molecule has 0 fully saturated rings. The van der Waals surface area contributed by atoms with Crippen LogP contribution in [-0.2, 0) is 14.3 Å². The zero-order valence-electron chi connectivity index (χ0n) is 9.47. The fourth-order valence-electron chi connectivity index (χ4n) is 0.666. The van der Waals surface area contributed by atoms with E-state index in [1.165, 1.54) is 0 Å². The van der Waals surface area contributed by atoms with Crippen molar-refractivity contribution in [2.45, 2.75) is 20.3 Å². The Morgan fingerprint density at radius 3 is 2.00 bits per heavy atom. The van der Waals surface area contributed by atoms with Gasteiger partial charge in [-0.15, -0.1) is 0 Å². The van der Waals surface area contributed by atoms with Crippen molar-refractivity contribution >= 4 is 5.97 Å². The second-order valence-electron chi connectivity index (χ2n) is 3.32. The summed E-state index contributed by atoms with van der Waals surface area (Å²) in [5.74, 6) is 0.204. The largest absolute Gasteiger partial charge is 0.494 e. The van der Waals surface area contributed by atoms with E-state index in [-0.39, 0.29) is 5.97 Å². The van der Waals surface area contributed by atoms with Gasteiger partial charge in [-0.1, -0.05) is 19.7 Å². The van der Waals surface area contributed by atoms with Crippen LogP contribution in [0.3, 0.4) is 0 Å². The average Bonchev–Trinajstić information content (AvgIpc) is 2.16. The van der Waals surface area contributed by atoms with Gasteiger partial charge < -0.3 is 9.47 Å². The summed E-state index contributed by atoms with van der Waals surface area (Å²) in [6.45, 7) is 15.1. The Morgan fingerprint density at radius 1 is 1.00 bits per heavy atom. The Hall–Kier alpha value is -1.51. The minimum atomic E-state index is -0.367. The van der Waals surface area contributed by atoms with E-state index >= 15 is 0 Å². The highest BCUT2D eigenvalue weighted by Gasteiger charge is 2.02. The van der Waals surface area contributed by atoms with Gasteiger partial charge in [0.25, 0.3) is 0 Å². The molecule has 3 nitrogen and oxygen atoms in total. The maximum Gasteiger partial charge on any atom is 0.333 e. The summed E-state index contributed by atoms with van der Waals surface area (Å²) in [5.41, 5.74) is 1.20. The van der Waals surface area contributed by atoms with E-state index < -0.39 is 0 Å². The number of hydrogen-bond donors (Lipinski definition) is 0. The Morgan fingerprint density at radius 2 is 1.53 bits per heavy atom. The lowest BCUT2D eigenvalue weighted by molar-refractivity contribution is -0.139. The van der Waals surface area contributed by atoms with Crippen molar-refractivity contribution in [3.05, 3.63) is 36.6 Å². The molecule has 0 saturated carbocycles. The average molecular weight is 210 g/mol. The number of esters is 1. The van der Waals surface area contributed by atoms with Gasteiger partial charge in [0.05, 0.1) is 13.2 Å². The molecule has 0 aliphatic carbocycles. The Kier molecular flexibility index (Phi) is 6.18. The summed E-state index contributed by atoms with van der Waals surface area (Å²) in [6.07, 6.45) is 0.630. The molecular weight excluding hydrogens is 192 g/mol. The van der Waals surface area contributed by atoms with E-state index in [4.69, 9.17) is 9.47 Å². The molecule has 0 aliphatic rings. The van der Waals surface area contributed by atoms with E-state index in [0.717, 1.165) is 5.57 Å². The highest BCUT2D eigenvalue weighted by atomic mass is 16.5. The molecule has 0 atom stereocenters. The van der Waals surface area contributed by atoms with Crippen LogP contribution in [0.2, 0.25) is 0 Å². The molecule has 0 spiro atoms. The van der Waals surface area contributed by atoms with Gasteiger partial charge in [-0.05, 0) is 19.4 Å². The molecule has 0 N–H and O–H groups in total. The lowest BCUT2D eigenvalue weighted by Gasteiger charge is -2.08. The molecule has 0 heterocycles. The lowest BCUT2D eigenvalue weighted by atomic mass is 10.3. The molecule has 84 valence electrons. The molecule has 0 aromatic heterocycles. The van der Waals surface area contributed by atoms with Gasteiger partial charge in [0.1, 0.15) is 5.76 Å². The molecule has 0 aliphatic heterocycles. The molecule has 0 saturated heterocycles. The Labute approximate surface area is 91.1 Å². The Bertz CT molecular complexity index is 249. The van der Waals surface area contributed by atoms with Crippen molar-refractivity contribution in [1.82, 2.24) is 0 Å². The minimum absolute atomic E-state index is 0.329. The summed E-state index contributed by atoms with van der Waals surface area (Å²) >= 11 is 0. The normalized spacial score (nSPS) is 9.20. The van der Waals surface area contributed by atoms with Crippen LogP contribution in [0.25, 0.3) is 0 Å². The van der Waals surface area contributed by atoms with Crippen LogP contribution in [0.15, 0.2) is 36.6 Å². The molecule has 0 unspecified atom stereocenters. The zero-order valence-corrected chi connectivity index (χ0v) is 9.47. The number of rotatable bonds is 7. The number of hydrogen-bond acceptors (Lipinski definition) is 3. The molecule has 0 amide bonds. The lowest BCUT2D eigenvalue weighted by Crippen LogP contribution is -2.08. The van der Waals surface area contributed by atoms with Crippen molar-refractivity contribution in [1.29, 1.82) is 0 Å². The zero-order chi connectivity index (χ0) is 11.8. The van der Waals surface area contributed by atoms with Crippen molar-refractivity contribution in [2.75, 3.05) is 13.2 Å². The maximum atomic E-state index is 11.0. The predicted octanol–water partition coefficient (Wildman–Crippen LogP) is 2.60. The molecule has 0 aromatic carbocycles. The topological polar surface area (TPSA) is 35.5 Å². The monoisotopic (exact) mass is 210 g/mol. The smallest absolute Gasteiger partial charge is 0.333 e. The third-order valence-electron chi connectivity index (χ3n) is 1.62. The van der Waals surface area contributed by atoms with Gasteiger partial charge >= 0.3 is 5.97 Å². The standard InChI is InChI=1S/C12H18O3/c1-9(2)11(5)14-7-6-8-15-12(13)10(3)4/h1,3,5-8H2,2,4H3. The molecular formula is C12H18O3. The first-order valence-corrected chi connectivity index (χ1v) is 4.75. The predicted molar refractivity (Wildman–Crippen MR) is 60.3 cm³/mol. The first kappa shape index (κ1) is 13.5. The second kappa shape index (κ2) is 6.87. The second-order valence-corrected chi connectivity index (χ2v) is 3.32. The first-order chi connectivity index (χ1) is 6.95. The minimum Gasteiger partial charge on any atom is -0.494 e. The van der Waals surface area contributed by atoms with Crippen LogP contribution in [0.4, 0.5) is 0 Å². The van der Waals surface area contributed by atoms with Gasteiger partial charge in [0.2, 0.25) is 0 Å². The van der Waals surface area contributed by atoms with E-state index in [9.17, 15) is 4.79 Å². The van der Waals surface area contributed by atoms with Crippen LogP contribution >= 0.6 is 0 Å². The molecule has 0 bridgehead atoms. The van der Waals surface area contributed by atoms with Crippen molar-refractivity contribution < 1.29 is 14.3 Å². The van der Waals surface area contributed by atoms with Gasteiger partial charge in [-0.3, -0.25) is 0 Å². The van der Waals surface area contributed by atoms with Gasteiger partial charge in [0.15, 0.2) is 0 Å². The molecule has 0 radical (unpaired) electrons. The van der Waals surface area contributed by atoms with Crippen LogP contribution in [0, 0.1) is 0 Å². The molecule has 3 heteroatoms. The van der Waals surface area contributed by atoms with Crippen LogP contribution in [0.5, 0.6) is 0 Å². The fraction of sp³-hybridized carbons (Fsp3) is 0.417. The summed E-state index contributed by atoms with van der Waals surface area (Å²) in [6, 6.07) is 0. The van der Waals surface area contributed by atoms with Gasteiger partial charge in [-0.25, -0.2) is 4.79 Å². The van der Waals surface area contributed by atoms with Gasteiger partial charge in [0, 0.05) is 12.0 Å². The third kappa shape index (κ3) is 6.55. The first-order valence-electron chi connectivity index (χ1n) is 4.75. The molecule has 0 rings (SSSR count). The third-order valence-corrected chi connectivity index (χ3v) is 1.62. The van der Waals surface area contributed by atoms with E-state index in [1.807, 2.05) is 6.92 Å². The van der Waals surface area contributed by atoms with E-state index in [0.29, 0.717) is 31.0 Å². The van der Waals surface area contributed by atoms with Crippen LogP contribution in [0.1, 0.15) is 20.3 Å². The highest BCUT2D eigenvalue weighted by Crippen LogP contribution is 2.05. The highest BCUT2D eigenvalue weighted by molar-refractivity contribution is 5.86.